The van der Waals surface area contributed by atoms with Crippen LogP contribution in [0.2, 0.25) is 0 Å². The number of ether oxygens (including phenoxy) is 1. The molecule has 0 aliphatic carbocycles. The van der Waals surface area contributed by atoms with Crippen LogP contribution >= 0.6 is 0 Å². The predicted molar refractivity (Wildman–Crippen MR) is 79.3 cm³/mol. The molecule has 4 nitrogen and oxygen atoms in total. The summed E-state index contributed by atoms with van der Waals surface area (Å²) in [6.45, 7) is 2.72. The largest absolute Gasteiger partial charge is 0.381 e. The first-order valence-corrected chi connectivity index (χ1v) is 7.31. The third kappa shape index (κ3) is 3.46. The van der Waals surface area contributed by atoms with Crippen molar-refractivity contribution < 1.29 is 4.74 Å². The first kappa shape index (κ1) is 13.3. The van der Waals surface area contributed by atoms with Crippen LogP contribution in [0.15, 0.2) is 36.5 Å². The Morgan fingerprint density at radius 1 is 1.15 bits per heavy atom. The molecule has 4 heteroatoms. The minimum absolute atomic E-state index is 0.588. The summed E-state index contributed by atoms with van der Waals surface area (Å²) in [5.74, 6) is 0. The van der Waals surface area contributed by atoms with Crippen LogP contribution in [0.5, 0.6) is 0 Å². The van der Waals surface area contributed by atoms with Crippen molar-refractivity contribution in [1.82, 2.24) is 15.5 Å². The summed E-state index contributed by atoms with van der Waals surface area (Å²) in [6.07, 6.45) is 5.27. The number of nitrogens with one attached hydrogen (secondary N) is 2. The maximum atomic E-state index is 5.48. The van der Waals surface area contributed by atoms with Crippen LogP contribution in [0, 0.1) is 0 Å². The Morgan fingerprint density at radius 3 is 2.85 bits per heavy atom. The quantitative estimate of drug-likeness (QED) is 0.899. The fraction of sp³-hybridized carbons (Fsp3) is 0.438. The van der Waals surface area contributed by atoms with Crippen molar-refractivity contribution in [2.24, 2.45) is 0 Å². The third-order valence-corrected chi connectivity index (χ3v) is 3.81. The molecule has 2 N–H and O–H groups in total. The molecule has 1 aromatic carbocycles. The minimum Gasteiger partial charge on any atom is -0.381 e. The van der Waals surface area contributed by atoms with Gasteiger partial charge in [-0.15, -0.1) is 0 Å². The molecule has 1 aliphatic rings. The lowest BCUT2D eigenvalue weighted by atomic mass is 10.1. The van der Waals surface area contributed by atoms with Crippen LogP contribution in [-0.2, 0) is 11.3 Å². The maximum Gasteiger partial charge on any atom is 0.0650 e. The number of hydrogen-bond acceptors (Lipinski definition) is 3. The highest BCUT2D eigenvalue weighted by molar-refractivity contribution is 5.58. The standard InChI is InChI=1S/C16H21N3O/c1-2-15(8-11-20-10-1)17-12-13-3-5-14(6-4-13)16-7-9-18-19-16/h3-7,9,15,17H,1-2,8,10-12H2,(H,18,19). The summed E-state index contributed by atoms with van der Waals surface area (Å²) in [5, 5.41) is 10.6. The number of aromatic nitrogens is 2. The second-order valence-corrected chi connectivity index (χ2v) is 5.29. The SMILES string of the molecule is c1cc(-c2ccc(CNC3CCCOCC3)cc2)[nH]n1. The number of aromatic amines is 1. The van der Waals surface area contributed by atoms with Crippen LogP contribution < -0.4 is 5.32 Å². The van der Waals surface area contributed by atoms with Gasteiger partial charge >= 0.3 is 0 Å². The molecule has 2 heterocycles. The van der Waals surface area contributed by atoms with Gasteiger partial charge in [-0.1, -0.05) is 24.3 Å². The molecule has 3 rings (SSSR count). The van der Waals surface area contributed by atoms with Gasteiger partial charge in [0.15, 0.2) is 0 Å². The van der Waals surface area contributed by atoms with Crippen molar-refractivity contribution >= 4 is 0 Å². The number of hydrogen-bond donors (Lipinski definition) is 2. The summed E-state index contributed by atoms with van der Waals surface area (Å²) < 4.78 is 5.48. The molecule has 1 aliphatic heterocycles. The van der Waals surface area contributed by atoms with E-state index in [1.807, 2.05) is 6.07 Å². The van der Waals surface area contributed by atoms with Crippen molar-refractivity contribution in [3.05, 3.63) is 42.1 Å². The highest BCUT2D eigenvalue weighted by atomic mass is 16.5. The molecule has 1 unspecified atom stereocenters. The molecule has 1 fully saturated rings. The molecule has 1 saturated heterocycles. The Bertz CT molecular complexity index is 499. The van der Waals surface area contributed by atoms with Gasteiger partial charge in [0.05, 0.1) is 5.69 Å². The van der Waals surface area contributed by atoms with E-state index in [1.165, 1.54) is 17.5 Å². The van der Waals surface area contributed by atoms with E-state index in [9.17, 15) is 0 Å². The lowest BCUT2D eigenvalue weighted by Crippen LogP contribution is -2.28. The van der Waals surface area contributed by atoms with E-state index >= 15 is 0 Å². The second-order valence-electron chi connectivity index (χ2n) is 5.29. The van der Waals surface area contributed by atoms with Crippen LogP contribution in [0.3, 0.4) is 0 Å². The average molecular weight is 271 g/mol. The number of H-pyrrole nitrogens is 1. The van der Waals surface area contributed by atoms with E-state index < -0.39 is 0 Å². The molecule has 20 heavy (non-hydrogen) atoms. The number of rotatable bonds is 4. The van der Waals surface area contributed by atoms with Gasteiger partial charge < -0.3 is 10.1 Å². The molecule has 0 radical (unpaired) electrons. The zero-order valence-corrected chi connectivity index (χ0v) is 11.6. The highest BCUT2D eigenvalue weighted by Crippen LogP contribution is 2.17. The van der Waals surface area contributed by atoms with Gasteiger partial charge in [-0.2, -0.15) is 5.10 Å². The summed E-state index contributed by atoms with van der Waals surface area (Å²) in [7, 11) is 0. The summed E-state index contributed by atoms with van der Waals surface area (Å²) in [6, 6.07) is 11.2. The van der Waals surface area contributed by atoms with Crippen molar-refractivity contribution in [3.8, 4) is 11.3 Å². The van der Waals surface area contributed by atoms with Crippen LogP contribution in [0.4, 0.5) is 0 Å². The van der Waals surface area contributed by atoms with Crippen molar-refractivity contribution in [1.29, 1.82) is 0 Å². The summed E-state index contributed by atoms with van der Waals surface area (Å²) in [4.78, 5) is 0. The van der Waals surface area contributed by atoms with Crippen LogP contribution in [0.25, 0.3) is 11.3 Å². The zero-order chi connectivity index (χ0) is 13.6. The monoisotopic (exact) mass is 271 g/mol. The molecular weight excluding hydrogens is 250 g/mol. The maximum absolute atomic E-state index is 5.48. The second kappa shape index (κ2) is 6.68. The van der Waals surface area contributed by atoms with Crippen molar-refractivity contribution in [3.63, 3.8) is 0 Å². The third-order valence-electron chi connectivity index (χ3n) is 3.81. The van der Waals surface area contributed by atoms with Crippen LogP contribution in [-0.4, -0.2) is 29.5 Å². The number of benzene rings is 1. The predicted octanol–water partition coefficient (Wildman–Crippen LogP) is 2.74. The highest BCUT2D eigenvalue weighted by Gasteiger charge is 2.11. The Balaban J connectivity index is 1.55. The van der Waals surface area contributed by atoms with Crippen molar-refractivity contribution in [2.75, 3.05) is 13.2 Å². The molecule has 2 aromatic rings. The molecule has 1 atom stereocenters. The van der Waals surface area contributed by atoms with E-state index in [2.05, 4.69) is 39.8 Å². The fourth-order valence-electron chi connectivity index (χ4n) is 2.59. The smallest absolute Gasteiger partial charge is 0.0650 e. The van der Waals surface area contributed by atoms with Gasteiger partial charge in [-0.05, 0) is 36.5 Å². The Morgan fingerprint density at radius 2 is 2.05 bits per heavy atom. The fourth-order valence-corrected chi connectivity index (χ4v) is 2.59. The molecule has 0 bridgehead atoms. The molecule has 1 aromatic heterocycles. The Labute approximate surface area is 119 Å². The van der Waals surface area contributed by atoms with Gasteiger partial charge in [0, 0.05) is 32.0 Å². The summed E-state index contributed by atoms with van der Waals surface area (Å²) in [5.41, 5.74) is 3.55. The Hall–Kier alpha value is -1.65. The molecule has 0 amide bonds. The molecular formula is C16H21N3O. The van der Waals surface area contributed by atoms with E-state index in [0.717, 1.165) is 38.3 Å². The zero-order valence-electron chi connectivity index (χ0n) is 11.6. The van der Waals surface area contributed by atoms with Crippen molar-refractivity contribution in [2.45, 2.75) is 31.8 Å². The summed E-state index contributed by atoms with van der Waals surface area (Å²) >= 11 is 0. The molecule has 0 spiro atoms. The van der Waals surface area contributed by atoms with Gasteiger partial charge in [0.2, 0.25) is 0 Å². The van der Waals surface area contributed by atoms with Gasteiger partial charge in [-0.25, -0.2) is 0 Å². The first-order chi connectivity index (χ1) is 9.92. The van der Waals surface area contributed by atoms with E-state index in [1.54, 1.807) is 6.20 Å². The van der Waals surface area contributed by atoms with Gasteiger partial charge in [-0.3, -0.25) is 5.10 Å². The van der Waals surface area contributed by atoms with E-state index in [4.69, 9.17) is 4.74 Å². The lowest BCUT2D eigenvalue weighted by molar-refractivity contribution is 0.142. The number of nitrogens with zero attached hydrogens (tertiary/aromatic N) is 1. The molecule has 106 valence electrons. The van der Waals surface area contributed by atoms with Gasteiger partial charge in [0.1, 0.15) is 0 Å². The minimum atomic E-state index is 0.588. The van der Waals surface area contributed by atoms with Crippen LogP contribution in [0.1, 0.15) is 24.8 Å². The van der Waals surface area contributed by atoms with E-state index in [0.29, 0.717) is 6.04 Å². The van der Waals surface area contributed by atoms with E-state index in [-0.39, 0.29) is 0 Å². The normalized spacial score (nSPS) is 19.7. The average Bonchev–Trinajstić information content (AvgIpc) is 2.90. The molecule has 0 saturated carbocycles. The lowest BCUT2D eigenvalue weighted by Gasteiger charge is -2.15. The van der Waals surface area contributed by atoms with Gasteiger partial charge in [0.25, 0.3) is 0 Å². The first-order valence-electron chi connectivity index (χ1n) is 7.31. The Kier molecular flexibility index (Phi) is 4.46. The topological polar surface area (TPSA) is 49.9 Å².